The first-order valence-electron chi connectivity index (χ1n) is 3.88. The van der Waals surface area contributed by atoms with Crippen molar-refractivity contribution in [3.8, 4) is 5.75 Å². The van der Waals surface area contributed by atoms with Gasteiger partial charge in [0.25, 0.3) is 0 Å². The molecule has 0 saturated heterocycles. The van der Waals surface area contributed by atoms with E-state index in [4.69, 9.17) is 5.11 Å². The van der Waals surface area contributed by atoms with Gasteiger partial charge in [0.1, 0.15) is 11.8 Å². The van der Waals surface area contributed by atoms with E-state index in [1.807, 2.05) is 0 Å². The number of carboxylic acids is 1. The minimum atomic E-state index is -0.955. The lowest BCUT2D eigenvalue weighted by molar-refractivity contribution is -0.137. The average Bonchev–Trinajstić information content (AvgIpc) is 2.08. The summed E-state index contributed by atoms with van der Waals surface area (Å²) in [6.07, 6.45) is 0. The lowest BCUT2D eigenvalue weighted by Crippen LogP contribution is -2.25. The Morgan fingerprint density at radius 2 is 2.08 bits per heavy atom. The summed E-state index contributed by atoms with van der Waals surface area (Å²) in [4.78, 5) is 10.5. The van der Waals surface area contributed by atoms with Crippen molar-refractivity contribution in [3.05, 3.63) is 24.3 Å². The van der Waals surface area contributed by atoms with E-state index < -0.39 is 12.0 Å². The van der Waals surface area contributed by atoms with Gasteiger partial charge in [-0.2, -0.15) is 0 Å². The number of rotatable bonds is 3. The molecule has 4 nitrogen and oxygen atoms in total. The maximum atomic E-state index is 10.5. The Kier molecular flexibility index (Phi) is 2.74. The van der Waals surface area contributed by atoms with Crippen molar-refractivity contribution in [2.45, 2.75) is 13.0 Å². The molecule has 1 rings (SSSR count). The van der Waals surface area contributed by atoms with Gasteiger partial charge in [0.05, 0.1) is 5.69 Å². The van der Waals surface area contributed by atoms with E-state index in [1.54, 1.807) is 18.2 Å². The molecule has 0 fully saturated rings. The van der Waals surface area contributed by atoms with E-state index in [2.05, 4.69) is 5.32 Å². The van der Waals surface area contributed by atoms with Gasteiger partial charge in [-0.15, -0.1) is 0 Å². The van der Waals surface area contributed by atoms with Crippen LogP contribution in [-0.4, -0.2) is 22.2 Å². The molecule has 0 spiro atoms. The quantitative estimate of drug-likeness (QED) is 0.614. The van der Waals surface area contributed by atoms with Crippen LogP contribution < -0.4 is 5.32 Å². The van der Waals surface area contributed by atoms with Crippen LogP contribution in [0.15, 0.2) is 24.3 Å². The van der Waals surface area contributed by atoms with Gasteiger partial charge in [-0.1, -0.05) is 12.1 Å². The Hall–Kier alpha value is -1.71. The number of nitrogens with one attached hydrogen (secondary N) is 1. The third-order valence-corrected chi connectivity index (χ3v) is 1.65. The van der Waals surface area contributed by atoms with Gasteiger partial charge in [0.2, 0.25) is 0 Å². The highest BCUT2D eigenvalue weighted by molar-refractivity contribution is 5.77. The molecule has 70 valence electrons. The molecule has 0 aliphatic rings. The number of phenolic OH excluding ortho intramolecular Hbond substituents is 1. The molecule has 0 heterocycles. The van der Waals surface area contributed by atoms with Crippen molar-refractivity contribution in [1.29, 1.82) is 0 Å². The summed E-state index contributed by atoms with van der Waals surface area (Å²) in [5, 5.41) is 20.5. The Labute approximate surface area is 75.8 Å². The summed E-state index contributed by atoms with van der Waals surface area (Å²) in [5.41, 5.74) is 0.428. The number of hydrogen-bond donors (Lipinski definition) is 3. The largest absolute Gasteiger partial charge is 0.506 e. The second-order valence-corrected chi connectivity index (χ2v) is 2.72. The summed E-state index contributed by atoms with van der Waals surface area (Å²) >= 11 is 0. The number of anilines is 1. The zero-order chi connectivity index (χ0) is 9.84. The predicted molar refractivity (Wildman–Crippen MR) is 48.8 cm³/mol. The van der Waals surface area contributed by atoms with Gasteiger partial charge in [0, 0.05) is 0 Å². The molecule has 0 aromatic heterocycles. The fraction of sp³-hybridized carbons (Fsp3) is 0.222. The van der Waals surface area contributed by atoms with E-state index in [0.717, 1.165) is 0 Å². The van der Waals surface area contributed by atoms with Gasteiger partial charge in [-0.05, 0) is 19.1 Å². The molecular formula is C9H11NO3. The fourth-order valence-electron chi connectivity index (χ4n) is 0.891. The highest BCUT2D eigenvalue weighted by Gasteiger charge is 2.11. The number of carbonyl (C=O) groups is 1. The van der Waals surface area contributed by atoms with Crippen LogP contribution in [0.3, 0.4) is 0 Å². The predicted octanol–water partition coefficient (Wildman–Crippen LogP) is 1.28. The first kappa shape index (κ1) is 9.38. The maximum absolute atomic E-state index is 10.5. The van der Waals surface area contributed by atoms with Gasteiger partial charge < -0.3 is 15.5 Å². The number of aliphatic carboxylic acids is 1. The Morgan fingerprint density at radius 3 is 2.62 bits per heavy atom. The van der Waals surface area contributed by atoms with Crippen molar-refractivity contribution in [1.82, 2.24) is 0 Å². The van der Waals surface area contributed by atoms with Crippen LogP contribution >= 0.6 is 0 Å². The summed E-state index contributed by atoms with van der Waals surface area (Å²) in [5.74, 6) is -0.904. The second-order valence-electron chi connectivity index (χ2n) is 2.72. The minimum absolute atomic E-state index is 0.0515. The average molecular weight is 181 g/mol. The molecule has 3 N–H and O–H groups in total. The van der Waals surface area contributed by atoms with Crippen LogP contribution in [0.4, 0.5) is 5.69 Å². The normalized spacial score (nSPS) is 12.1. The molecule has 1 aromatic rings. The third-order valence-electron chi connectivity index (χ3n) is 1.65. The number of benzene rings is 1. The van der Waals surface area contributed by atoms with Gasteiger partial charge >= 0.3 is 5.97 Å². The maximum Gasteiger partial charge on any atom is 0.325 e. The molecule has 1 aromatic carbocycles. The highest BCUT2D eigenvalue weighted by atomic mass is 16.4. The molecule has 13 heavy (non-hydrogen) atoms. The fourth-order valence-corrected chi connectivity index (χ4v) is 0.891. The van der Waals surface area contributed by atoms with Crippen molar-refractivity contribution < 1.29 is 15.0 Å². The molecule has 0 amide bonds. The van der Waals surface area contributed by atoms with Gasteiger partial charge in [-0.3, -0.25) is 4.79 Å². The molecule has 4 heteroatoms. The van der Waals surface area contributed by atoms with Crippen LogP contribution in [0.25, 0.3) is 0 Å². The first-order chi connectivity index (χ1) is 6.11. The van der Waals surface area contributed by atoms with Crippen molar-refractivity contribution in [2.24, 2.45) is 0 Å². The van der Waals surface area contributed by atoms with Crippen molar-refractivity contribution in [3.63, 3.8) is 0 Å². The molecule has 0 saturated carbocycles. The molecule has 1 atom stereocenters. The number of aromatic hydroxyl groups is 1. The smallest absolute Gasteiger partial charge is 0.325 e. The van der Waals surface area contributed by atoms with Crippen LogP contribution in [0, 0.1) is 0 Å². The molecule has 0 aliphatic heterocycles. The SMILES string of the molecule is C[C@H](Nc1ccccc1O)C(=O)O. The van der Waals surface area contributed by atoms with Crippen LogP contribution in [0.2, 0.25) is 0 Å². The minimum Gasteiger partial charge on any atom is -0.506 e. The first-order valence-corrected chi connectivity index (χ1v) is 3.88. The van der Waals surface area contributed by atoms with E-state index in [0.29, 0.717) is 5.69 Å². The lowest BCUT2D eigenvalue weighted by atomic mass is 10.2. The van der Waals surface area contributed by atoms with Gasteiger partial charge in [-0.25, -0.2) is 0 Å². The van der Waals surface area contributed by atoms with E-state index in [9.17, 15) is 9.90 Å². The molecule has 0 bridgehead atoms. The number of hydrogen-bond acceptors (Lipinski definition) is 3. The van der Waals surface area contributed by atoms with Crippen LogP contribution in [-0.2, 0) is 4.79 Å². The molecule has 0 aliphatic carbocycles. The summed E-state index contributed by atoms with van der Waals surface area (Å²) < 4.78 is 0. The Bertz CT molecular complexity index is 311. The summed E-state index contributed by atoms with van der Waals surface area (Å²) in [6.45, 7) is 1.51. The standard InChI is InChI=1S/C9H11NO3/c1-6(9(12)13)10-7-4-2-3-5-8(7)11/h2-6,10-11H,1H3,(H,12,13)/t6-/m0/s1. The molecule has 0 radical (unpaired) electrons. The van der Waals surface area contributed by atoms with Crippen molar-refractivity contribution >= 4 is 11.7 Å². The number of para-hydroxylation sites is 2. The van der Waals surface area contributed by atoms with E-state index in [1.165, 1.54) is 13.0 Å². The van der Waals surface area contributed by atoms with Crippen molar-refractivity contribution in [2.75, 3.05) is 5.32 Å². The topological polar surface area (TPSA) is 69.6 Å². The second kappa shape index (κ2) is 3.80. The third kappa shape index (κ3) is 2.37. The Balaban J connectivity index is 2.74. The summed E-state index contributed by atoms with van der Waals surface area (Å²) in [6, 6.07) is 5.79. The lowest BCUT2D eigenvalue weighted by Gasteiger charge is -2.11. The number of phenols is 1. The molecular weight excluding hydrogens is 170 g/mol. The van der Waals surface area contributed by atoms with Crippen LogP contribution in [0.1, 0.15) is 6.92 Å². The van der Waals surface area contributed by atoms with E-state index >= 15 is 0 Å². The zero-order valence-corrected chi connectivity index (χ0v) is 7.19. The van der Waals surface area contributed by atoms with E-state index in [-0.39, 0.29) is 5.75 Å². The Morgan fingerprint density at radius 1 is 1.46 bits per heavy atom. The monoisotopic (exact) mass is 181 g/mol. The number of carboxylic acid groups (broad SMARTS) is 1. The summed E-state index contributed by atoms with van der Waals surface area (Å²) in [7, 11) is 0. The molecule has 0 unspecified atom stereocenters. The zero-order valence-electron chi connectivity index (χ0n) is 7.19. The van der Waals surface area contributed by atoms with Crippen LogP contribution in [0.5, 0.6) is 5.75 Å². The highest BCUT2D eigenvalue weighted by Crippen LogP contribution is 2.21. The van der Waals surface area contributed by atoms with Gasteiger partial charge in [0.15, 0.2) is 0 Å².